The number of hydrogen-bond donors (Lipinski definition) is 1. The third-order valence-corrected chi connectivity index (χ3v) is 4.55. The molecule has 7 heteroatoms. The molecule has 1 aromatic heterocycles. The van der Waals surface area contributed by atoms with Gasteiger partial charge in [-0.15, -0.1) is 0 Å². The van der Waals surface area contributed by atoms with Gasteiger partial charge in [0, 0.05) is 24.5 Å². The molecule has 3 rings (SSSR count). The fraction of sp³-hybridized carbons (Fsp3) is 0.421. The van der Waals surface area contributed by atoms with Crippen LogP contribution < -0.4 is 10.1 Å². The Morgan fingerprint density at radius 2 is 1.85 bits per heavy atom. The van der Waals surface area contributed by atoms with Crippen LogP contribution >= 0.6 is 0 Å². The summed E-state index contributed by atoms with van der Waals surface area (Å²) >= 11 is 0. The second kappa shape index (κ2) is 8.21. The number of carbonyl (C=O) groups is 1. The molecule has 1 saturated carbocycles. The van der Waals surface area contributed by atoms with E-state index in [1.807, 2.05) is 31.2 Å². The highest BCUT2D eigenvalue weighted by Gasteiger charge is 2.20. The Labute approximate surface area is 150 Å². The normalized spacial score (nSPS) is 15.4. The number of ether oxygens (including phenoxy) is 1. The highest BCUT2D eigenvalue weighted by atomic mass is 19.3. The summed E-state index contributed by atoms with van der Waals surface area (Å²) in [5.41, 5.74) is 2.78. The Bertz CT molecular complexity index is 731. The Kier molecular flexibility index (Phi) is 5.75. The molecule has 0 bridgehead atoms. The molecule has 5 nitrogen and oxygen atoms in total. The van der Waals surface area contributed by atoms with Gasteiger partial charge < -0.3 is 10.1 Å². The third kappa shape index (κ3) is 4.53. The van der Waals surface area contributed by atoms with Crippen molar-refractivity contribution >= 4 is 5.91 Å². The lowest BCUT2D eigenvalue weighted by atomic mass is 9.96. The molecule has 0 saturated heterocycles. The van der Waals surface area contributed by atoms with Gasteiger partial charge in [0.05, 0.1) is 0 Å². The monoisotopic (exact) mass is 361 g/mol. The topological polar surface area (TPSA) is 64.1 Å². The SMILES string of the molecule is CC(CNC(=O)C(F)F)c1ccc(-c2cnc(OC3CCC3)nc2)cc1. The number of benzene rings is 1. The fourth-order valence-corrected chi connectivity index (χ4v) is 2.62. The maximum atomic E-state index is 12.2. The van der Waals surface area contributed by atoms with Gasteiger partial charge in [-0.25, -0.2) is 9.97 Å². The largest absolute Gasteiger partial charge is 0.460 e. The Morgan fingerprint density at radius 3 is 2.38 bits per heavy atom. The van der Waals surface area contributed by atoms with E-state index in [2.05, 4.69) is 15.3 Å². The van der Waals surface area contributed by atoms with E-state index in [1.54, 1.807) is 12.4 Å². The number of halogens is 2. The van der Waals surface area contributed by atoms with Gasteiger partial charge in [0.1, 0.15) is 6.10 Å². The molecule has 0 aliphatic heterocycles. The first-order chi connectivity index (χ1) is 12.5. The van der Waals surface area contributed by atoms with Gasteiger partial charge in [-0.05, 0) is 36.3 Å². The zero-order chi connectivity index (χ0) is 18.5. The predicted octanol–water partition coefficient (Wildman–Crippen LogP) is 3.56. The minimum atomic E-state index is -2.99. The third-order valence-electron chi connectivity index (χ3n) is 4.55. The van der Waals surface area contributed by atoms with Gasteiger partial charge in [0.15, 0.2) is 0 Å². The molecule has 1 atom stereocenters. The van der Waals surface area contributed by atoms with E-state index in [0.29, 0.717) is 6.01 Å². The quantitative estimate of drug-likeness (QED) is 0.819. The van der Waals surface area contributed by atoms with E-state index in [4.69, 9.17) is 4.74 Å². The van der Waals surface area contributed by atoms with Gasteiger partial charge in [0.25, 0.3) is 5.91 Å². The van der Waals surface area contributed by atoms with Crippen LogP contribution in [0.25, 0.3) is 11.1 Å². The number of rotatable bonds is 7. The maximum Gasteiger partial charge on any atom is 0.316 e. The highest BCUT2D eigenvalue weighted by molar-refractivity contribution is 5.79. The molecule has 1 amide bonds. The van der Waals surface area contributed by atoms with Crippen LogP contribution in [0.1, 0.15) is 37.7 Å². The van der Waals surface area contributed by atoms with Gasteiger partial charge in [-0.3, -0.25) is 4.79 Å². The number of hydrogen-bond acceptors (Lipinski definition) is 4. The smallest absolute Gasteiger partial charge is 0.316 e. The van der Waals surface area contributed by atoms with Crippen LogP contribution in [0.5, 0.6) is 6.01 Å². The molecule has 0 radical (unpaired) electrons. The van der Waals surface area contributed by atoms with Crippen LogP contribution in [-0.4, -0.2) is 34.9 Å². The molecule has 1 N–H and O–H groups in total. The fourth-order valence-electron chi connectivity index (χ4n) is 2.62. The standard InChI is InChI=1S/C19H21F2N3O2/c1-12(9-22-18(25)17(20)21)13-5-7-14(8-6-13)15-10-23-19(24-11-15)26-16-3-2-4-16/h5-8,10-12,16-17H,2-4,9H2,1H3,(H,22,25). The number of nitrogens with zero attached hydrogens (tertiary/aromatic N) is 2. The first kappa shape index (κ1) is 18.2. The summed E-state index contributed by atoms with van der Waals surface area (Å²) in [6.45, 7) is 2.04. The van der Waals surface area contributed by atoms with E-state index in [0.717, 1.165) is 29.5 Å². The summed E-state index contributed by atoms with van der Waals surface area (Å²) < 4.78 is 30.1. The van der Waals surface area contributed by atoms with Crippen molar-refractivity contribution in [3.8, 4) is 17.1 Å². The molecule has 1 aliphatic carbocycles. The van der Waals surface area contributed by atoms with Crippen molar-refractivity contribution in [2.45, 2.75) is 44.6 Å². The highest BCUT2D eigenvalue weighted by Crippen LogP contribution is 2.25. The second-order valence-corrected chi connectivity index (χ2v) is 6.49. The van der Waals surface area contributed by atoms with Crippen LogP contribution in [0.4, 0.5) is 8.78 Å². The summed E-state index contributed by atoms with van der Waals surface area (Å²) in [6, 6.07) is 8.07. The van der Waals surface area contributed by atoms with Crippen LogP contribution in [0.3, 0.4) is 0 Å². The molecule has 26 heavy (non-hydrogen) atoms. The maximum absolute atomic E-state index is 12.2. The Hall–Kier alpha value is -2.57. The molecule has 2 aromatic rings. The number of alkyl halides is 2. The van der Waals surface area contributed by atoms with E-state index in [-0.39, 0.29) is 18.6 Å². The van der Waals surface area contributed by atoms with Crippen LogP contribution in [-0.2, 0) is 4.79 Å². The molecule has 1 aromatic carbocycles. The predicted molar refractivity (Wildman–Crippen MR) is 93.2 cm³/mol. The summed E-state index contributed by atoms with van der Waals surface area (Å²) in [4.78, 5) is 19.4. The Balaban J connectivity index is 1.58. The molecule has 1 fully saturated rings. The molecule has 1 unspecified atom stereocenters. The van der Waals surface area contributed by atoms with Crippen molar-refractivity contribution in [1.29, 1.82) is 0 Å². The summed E-state index contributed by atoms with van der Waals surface area (Å²) in [5, 5.41) is 2.24. The van der Waals surface area contributed by atoms with E-state index in [9.17, 15) is 13.6 Å². The van der Waals surface area contributed by atoms with E-state index < -0.39 is 12.3 Å². The zero-order valence-corrected chi connectivity index (χ0v) is 14.5. The van der Waals surface area contributed by atoms with Gasteiger partial charge >= 0.3 is 12.4 Å². The van der Waals surface area contributed by atoms with Crippen molar-refractivity contribution in [3.05, 3.63) is 42.2 Å². The average molecular weight is 361 g/mol. The Morgan fingerprint density at radius 1 is 1.19 bits per heavy atom. The lowest BCUT2D eigenvalue weighted by Crippen LogP contribution is -2.32. The molecule has 1 heterocycles. The number of amides is 1. The molecular formula is C19H21F2N3O2. The van der Waals surface area contributed by atoms with Gasteiger partial charge in [0.2, 0.25) is 0 Å². The minimum Gasteiger partial charge on any atom is -0.460 e. The van der Waals surface area contributed by atoms with E-state index in [1.165, 1.54) is 6.42 Å². The summed E-state index contributed by atoms with van der Waals surface area (Å²) in [7, 11) is 0. The first-order valence-corrected chi connectivity index (χ1v) is 8.68. The van der Waals surface area contributed by atoms with Crippen LogP contribution in [0.15, 0.2) is 36.7 Å². The lowest BCUT2D eigenvalue weighted by Gasteiger charge is -2.24. The molecule has 1 aliphatic rings. The minimum absolute atomic E-state index is 0.0683. The lowest BCUT2D eigenvalue weighted by molar-refractivity contribution is -0.131. The van der Waals surface area contributed by atoms with Crippen molar-refractivity contribution in [3.63, 3.8) is 0 Å². The number of carbonyl (C=O) groups excluding carboxylic acids is 1. The summed E-state index contributed by atoms with van der Waals surface area (Å²) in [5.74, 6) is -1.31. The van der Waals surface area contributed by atoms with Gasteiger partial charge in [-0.1, -0.05) is 31.2 Å². The first-order valence-electron chi connectivity index (χ1n) is 8.68. The van der Waals surface area contributed by atoms with Crippen molar-refractivity contribution in [1.82, 2.24) is 15.3 Å². The van der Waals surface area contributed by atoms with Gasteiger partial charge in [-0.2, -0.15) is 8.78 Å². The van der Waals surface area contributed by atoms with E-state index >= 15 is 0 Å². The molecule has 0 spiro atoms. The van der Waals surface area contributed by atoms with Crippen molar-refractivity contribution < 1.29 is 18.3 Å². The van der Waals surface area contributed by atoms with Crippen LogP contribution in [0, 0.1) is 0 Å². The second-order valence-electron chi connectivity index (χ2n) is 6.49. The van der Waals surface area contributed by atoms with Crippen molar-refractivity contribution in [2.75, 3.05) is 6.54 Å². The zero-order valence-electron chi connectivity index (χ0n) is 14.5. The number of aromatic nitrogens is 2. The summed E-state index contributed by atoms with van der Waals surface area (Å²) in [6.07, 6.45) is 4.02. The molecule has 138 valence electrons. The number of nitrogens with one attached hydrogen (secondary N) is 1. The van der Waals surface area contributed by atoms with Crippen molar-refractivity contribution in [2.24, 2.45) is 0 Å². The van der Waals surface area contributed by atoms with Crippen LogP contribution in [0.2, 0.25) is 0 Å². The molecular weight excluding hydrogens is 340 g/mol. The average Bonchev–Trinajstić information content (AvgIpc) is 2.63.